The van der Waals surface area contributed by atoms with Crippen LogP contribution >= 0.6 is 15.6 Å². The maximum atomic E-state index is 13.4. The number of esters is 1. The number of nitrogens with zero attached hydrogens (tertiary/aromatic N) is 1. The zero-order chi connectivity index (χ0) is 60.7. The molecule has 17 N–H and O–H groups in total. The van der Waals surface area contributed by atoms with Crippen molar-refractivity contribution in [1.82, 2.24) is 36.1 Å². The van der Waals surface area contributed by atoms with Gasteiger partial charge < -0.3 is 96.8 Å². The third-order valence-corrected chi connectivity index (χ3v) is 14.2. The maximum Gasteiger partial charge on any atom is 0.483 e. The van der Waals surface area contributed by atoms with Crippen molar-refractivity contribution in [3.8, 4) is 0 Å². The van der Waals surface area contributed by atoms with Gasteiger partial charge in [0, 0.05) is 25.6 Å². The van der Waals surface area contributed by atoms with Gasteiger partial charge in [-0.2, -0.15) is 4.31 Å². The van der Waals surface area contributed by atoms with Crippen molar-refractivity contribution < 1.29 is 130 Å². The average Bonchev–Trinajstić information content (AvgIpc) is 3.63. The first-order valence-corrected chi connectivity index (χ1v) is 26.8. The number of hydrogen-bond acceptors (Lipinski definition) is 25. The van der Waals surface area contributed by atoms with Crippen LogP contribution in [0.4, 0.5) is 0 Å². The molecule has 3 rings (SSSR count). The van der Waals surface area contributed by atoms with Crippen molar-refractivity contribution in [3.63, 3.8) is 0 Å². The topological polar surface area (TPSA) is 575 Å². The summed E-state index contributed by atoms with van der Waals surface area (Å²) < 4.78 is 61.7. The lowest BCUT2D eigenvalue weighted by Gasteiger charge is -2.44. The highest BCUT2D eigenvalue weighted by molar-refractivity contribution is 7.61. The second-order valence-corrected chi connectivity index (χ2v) is 21.0. The van der Waals surface area contributed by atoms with Gasteiger partial charge in [-0.25, -0.2) is 28.3 Å². The summed E-state index contributed by atoms with van der Waals surface area (Å²) in [4.78, 5) is 158. The molecule has 0 bridgehead atoms. The smallest absolute Gasteiger partial charge is 0.480 e. The van der Waals surface area contributed by atoms with Crippen LogP contribution in [0.2, 0.25) is 0 Å². The minimum absolute atomic E-state index is 0.0700. The van der Waals surface area contributed by atoms with Crippen LogP contribution in [-0.4, -0.2) is 213 Å². The molecule has 80 heavy (non-hydrogen) atoms. The predicted octanol–water partition coefficient (Wildman–Crippen LogP) is -6.79. The first-order chi connectivity index (χ1) is 37.1. The summed E-state index contributed by atoms with van der Waals surface area (Å²) in [6.07, 6.45) is -19.7. The number of aliphatic hydroxyl groups excluding tert-OH is 4. The summed E-state index contributed by atoms with van der Waals surface area (Å²) >= 11 is 0. The molecule has 18 atom stereocenters. The Morgan fingerprint density at radius 2 is 1.40 bits per heavy atom. The lowest BCUT2D eigenvalue weighted by Crippen LogP contribution is -2.66. The number of carbonyl (C=O) groups is 9. The molecule has 5 amide bonds. The minimum atomic E-state index is -5.97. The Bertz CT molecular complexity index is 2620. The monoisotopic (exact) mass is 1190 g/mol. The van der Waals surface area contributed by atoms with E-state index in [4.69, 9.17) is 39.4 Å². The van der Waals surface area contributed by atoms with Gasteiger partial charge in [0.15, 0.2) is 18.6 Å². The first kappa shape index (κ1) is 68.1. The Balaban J connectivity index is 1.66. The van der Waals surface area contributed by atoms with E-state index in [0.717, 1.165) is 46.9 Å². The van der Waals surface area contributed by atoms with Crippen LogP contribution in [0, 0.1) is 0 Å². The molecule has 3 heterocycles. The number of carbonyl (C=O) groups excluding carboxylic acids is 6. The number of rotatable bonds is 31. The van der Waals surface area contributed by atoms with E-state index >= 15 is 0 Å². The molecule has 37 nitrogen and oxygen atoms in total. The van der Waals surface area contributed by atoms with Crippen LogP contribution in [-0.2, 0) is 84.6 Å². The number of aromatic amines is 1. The van der Waals surface area contributed by atoms with Crippen LogP contribution in [0.3, 0.4) is 0 Å². The summed E-state index contributed by atoms with van der Waals surface area (Å²) in [5.41, 5.74) is 3.62. The number of phosphoric acid groups is 2. The van der Waals surface area contributed by atoms with Crippen LogP contribution in [0.5, 0.6) is 0 Å². The molecule has 2 fully saturated rings. The van der Waals surface area contributed by atoms with Crippen LogP contribution in [0.25, 0.3) is 0 Å². The molecule has 452 valence electrons. The molecule has 0 saturated carbocycles. The standard InChI is InChI=1S/C41H64N8O29P2/c1-15(32(57)47-22(38(64)65)9-10-25(52)46-21(8-6-7-20(42)37(62)63)34(59)44-16(2)39(66)74-18(4)36(60)61)43-33(58)17(3)73-31-27(45-19(5)51)40(76-23(13-50)29(31)55)77-80(70,71)78-79(68,69)72-14-24-28(54)30(56)35(75-24)49-12-11-26(53)48-41(49)67/h11-12,15-18,20-24,27-31,35,40,50,54-56H,6-10,13-14,42H2,1-5H3,(H,43,58)(H,44,59)(H,45,51)(H,46,52)(H,47,57)(H,60,61)(H,62,63)(H,64,65)(H,68,69)(H,70,71)(H,48,53,67)/t15-,16+,17+,18+,20-,21-,22+,23+,24+,27+,28+,29+,30+,31+,35+,40+/m0/s1. The minimum Gasteiger partial charge on any atom is -0.480 e. The third kappa shape index (κ3) is 20.4. The van der Waals surface area contributed by atoms with Crippen molar-refractivity contribution in [1.29, 1.82) is 0 Å². The van der Waals surface area contributed by atoms with E-state index in [0.29, 0.717) is 4.57 Å². The lowest BCUT2D eigenvalue weighted by molar-refractivity contribution is -0.261. The fraction of sp³-hybridized carbons (Fsp3) is 0.683. The quantitative estimate of drug-likeness (QED) is 0.0243. The molecule has 0 aliphatic carbocycles. The fourth-order valence-corrected chi connectivity index (χ4v) is 9.49. The summed E-state index contributed by atoms with van der Waals surface area (Å²) in [6, 6.07) is -8.83. The number of aromatic nitrogens is 2. The molecular weight excluding hydrogens is 1130 g/mol. The van der Waals surface area contributed by atoms with Crippen molar-refractivity contribution in [3.05, 3.63) is 33.1 Å². The number of aliphatic carboxylic acids is 3. The van der Waals surface area contributed by atoms with Crippen LogP contribution in [0.15, 0.2) is 21.9 Å². The lowest BCUT2D eigenvalue weighted by atomic mass is 9.96. The van der Waals surface area contributed by atoms with Gasteiger partial charge in [0.05, 0.1) is 13.2 Å². The fourth-order valence-electron chi connectivity index (χ4n) is 7.33. The number of H-pyrrole nitrogens is 1. The van der Waals surface area contributed by atoms with Gasteiger partial charge in [-0.05, 0) is 53.4 Å². The molecule has 0 spiro atoms. The molecule has 2 aliphatic heterocycles. The van der Waals surface area contributed by atoms with Crippen molar-refractivity contribution in [2.45, 2.75) is 164 Å². The van der Waals surface area contributed by atoms with E-state index < -0.39 is 204 Å². The van der Waals surface area contributed by atoms with Crippen LogP contribution in [0.1, 0.15) is 73.0 Å². The van der Waals surface area contributed by atoms with Crippen molar-refractivity contribution in [2.24, 2.45) is 5.73 Å². The highest BCUT2D eigenvalue weighted by atomic mass is 31.3. The molecule has 0 aromatic carbocycles. The van der Waals surface area contributed by atoms with Gasteiger partial charge in [0.25, 0.3) is 5.56 Å². The number of hydrogen-bond donors (Lipinski definition) is 16. The molecule has 2 unspecified atom stereocenters. The first-order valence-electron chi connectivity index (χ1n) is 23.8. The zero-order valence-electron chi connectivity index (χ0n) is 43.0. The second kappa shape index (κ2) is 30.1. The van der Waals surface area contributed by atoms with Crippen LogP contribution < -0.4 is 43.6 Å². The number of aliphatic hydroxyl groups is 4. The Morgan fingerprint density at radius 1 is 0.762 bits per heavy atom. The van der Waals surface area contributed by atoms with Gasteiger partial charge >= 0.3 is 45.2 Å². The Hall–Kier alpha value is -6.15. The number of carboxylic acids is 3. The number of nitrogens with one attached hydrogen (secondary N) is 6. The molecule has 2 aliphatic rings. The molecule has 2 saturated heterocycles. The van der Waals surface area contributed by atoms with Gasteiger partial charge in [0.1, 0.15) is 79.0 Å². The third-order valence-electron chi connectivity index (χ3n) is 11.6. The largest absolute Gasteiger partial charge is 0.483 e. The average molecular weight is 1190 g/mol. The SMILES string of the molecule is CC(=O)N[C@H]1[C@@H](OP(=O)(O)OP(=O)(O)OC[C@H]2O[C@@H](n3ccc(=O)[nH]c3=O)[C@H](O)[C@@H]2O)O[C@H](CO)[C@@H](O)[C@@H]1O[C@H](C)C(=O)N[C@@H](C)C(=O)N[C@H](CCC(=O)N[C@@H](CCC[C@H](N)C(=O)O)C(=O)N[C@H](C)C(=O)O[C@H](C)C(=O)O)C(=O)O. The van der Waals surface area contributed by atoms with E-state index in [2.05, 4.69) is 35.4 Å². The van der Waals surface area contributed by atoms with Gasteiger partial charge in [0.2, 0.25) is 29.5 Å². The summed E-state index contributed by atoms with van der Waals surface area (Å²) in [6.45, 7) is 2.89. The number of nitrogens with two attached hydrogens (primary N) is 1. The highest BCUT2D eigenvalue weighted by Crippen LogP contribution is 2.61. The molecule has 1 aromatic rings. The molecular formula is C41H64N8O29P2. The Kier molecular flexibility index (Phi) is 25.6. The number of phosphoric ester groups is 2. The van der Waals surface area contributed by atoms with E-state index in [1.165, 1.54) is 0 Å². The number of amides is 5. The van der Waals surface area contributed by atoms with E-state index in [-0.39, 0.29) is 19.3 Å². The van der Waals surface area contributed by atoms with Gasteiger partial charge in [-0.15, -0.1) is 0 Å². The van der Waals surface area contributed by atoms with E-state index in [1.54, 1.807) is 0 Å². The molecule has 39 heteroatoms. The zero-order valence-corrected chi connectivity index (χ0v) is 44.7. The van der Waals surface area contributed by atoms with Gasteiger partial charge in [-0.3, -0.25) is 52.2 Å². The summed E-state index contributed by atoms with van der Waals surface area (Å²) in [5.74, 6) is -11.0. The van der Waals surface area contributed by atoms with Gasteiger partial charge in [-0.1, -0.05) is 0 Å². The number of ether oxygens (including phenoxy) is 4. The van der Waals surface area contributed by atoms with Crippen molar-refractivity contribution in [2.75, 3.05) is 13.2 Å². The summed E-state index contributed by atoms with van der Waals surface area (Å²) in [7, 11) is -11.8. The van der Waals surface area contributed by atoms with E-state index in [1.807, 2.05) is 4.98 Å². The molecule has 1 aromatic heterocycles. The Morgan fingerprint density at radius 3 is 1.98 bits per heavy atom. The second-order valence-electron chi connectivity index (χ2n) is 18.0. The number of carboxylic acid groups (broad SMARTS) is 3. The van der Waals surface area contributed by atoms with Crippen molar-refractivity contribution >= 4 is 69.1 Å². The summed E-state index contributed by atoms with van der Waals surface area (Å²) in [5, 5.41) is 81.0. The normalized spacial score (nSPS) is 26.0. The predicted molar refractivity (Wildman–Crippen MR) is 257 cm³/mol. The molecule has 0 radical (unpaired) electrons. The van der Waals surface area contributed by atoms with E-state index in [9.17, 15) is 97.2 Å². The highest BCUT2D eigenvalue weighted by Gasteiger charge is 2.52. The maximum absolute atomic E-state index is 13.4. The Labute approximate surface area is 450 Å².